The molecule has 0 aromatic carbocycles. The number of hydrogen-bond donors (Lipinski definition) is 2. The van der Waals surface area contributed by atoms with Crippen molar-refractivity contribution in [3.8, 4) is 0 Å². The van der Waals surface area contributed by atoms with E-state index in [1.165, 1.54) is 25.0 Å². The molecular formula is C12H24N2OS. The van der Waals surface area contributed by atoms with Crippen molar-refractivity contribution in [3.63, 3.8) is 0 Å². The molecule has 1 fully saturated rings. The normalized spacial score (nSPS) is 21.6. The van der Waals surface area contributed by atoms with Crippen LogP contribution in [0.15, 0.2) is 0 Å². The number of rotatable bonds is 7. The monoisotopic (exact) mass is 244 g/mol. The zero-order valence-corrected chi connectivity index (χ0v) is 11.1. The summed E-state index contributed by atoms with van der Waals surface area (Å²) >= 11 is 1.91. The SMILES string of the molecule is CSCCCCCNC1CCCCNC1=O. The minimum Gasteiger partial charge on any atom is -0.355 e. The summed E-state index contributed by atoms with van der Waals surface area (Å²) in [5, 5.41) is 6.32. The number of carbonyl (C=O) groups excluding carboxylic acids is 1. The minimum absolute atomic E-state index is 0.0584. The van der Waals surface area contributed by atoms with Crippen molar-refractivity contribution < 1.29 is 4.79 Å². The van der Waals surface area contributed by atoms with Gasteiger partial charge in [-0.3, -0.25) is 4.79 Å². The van der Waals surface area contributed by atoms with Gasteiger partial charge in [0.05, 0.1) is 6.04 Å². The molecule has 0 saturated carbocycles. The van der Waals surface area contributed by atoms with E-state index in [2.05, 4.69) is 16.9 Å². The van der Waals surface area contributed by atoms with Crippen LogP contribution >= 0.6 is 11.8 Å². The van der Waals surface area contributed by atoms with Gasteiger partial charge in [0, 0.05) is 6.54 Å². The standard InChI is InChI=1S/C12H24N2OS/c1-16-10-6-2-4-8-13-11-7-3-5-9-14-12(11)15/h11,13H,2-10H2,1H3,(H,14,15). The Bertz CT molecular complexity index is 199. The van der Waals surface area contributed by atoms with Crippen LogP contribution in [-0.2, 0) is 4.79 Å². The molecule has 1 heterocycles. The summed E-state index contributed by atoms with van der Waals surface area (Å²) in [6.45, 7) is 1.83. The van der Waals surface area contributed by atoms with Crippen LogP contribution in [0.5, 0.6) is 0 Å². The molecule has 2 N–H and O–H groups in total. The molecule has 1 amide bonds. The van der Waals surface area contributed by atoms with Gasteiger partial charge in [-0.15, -0.1) is 0 Å². The lowest BCUT2D eigenvalue weighted by molar-refractivity contribution is -0.122. The van der Waals surface area contributed by atoms with Crippen LogP contribution in [0.25, 0.3) is 0 Å². The summed E-state index contributed by atoms with van der Waals surface area (Å²) in [4.78, 5) is 11.6. The third-order valence-electron chi connectivity index (χ3n) is 2.95. The van der Waals surface area contributed by atoms with E-state index in [-0.39, 0.29) is 11.9 Å². The molecule has 1 saturated heterocycles. The highest BCUT2D eigenvalue weighted by Crippen LogP contribution is 2.06. The van der Waals surface area contributed by atoms with Crippen molar-refractivity contribution in [2.24, 2.45) is 0 Å². The first-order valence-corrected chi connectivity index (χ1v) is 7.74. The predicted octanol–water partition coefficient (Wildman–Crippen LogP) is 1.78. The molecule has 1 aliphatic heterocycles. The van der Waals surface area contributed by atoms with Crippen LogP contribution in [0.3, 0.4) is 0 Å². The second-order valence-corrected chi connectivity index (χ2v) is 5.33. The molecule has 1 aliphatic rings. The average Bonchev–Trinajstić information content (AvgIpc) is 2.49. The fraction of sp³-hybridized carbons (Fsp3) is 0.917. The predicted molar refractivity (Wildman–Crippen MR) is 70.9 cm³/mol. The highest BCUT2D eigenvalue weighted by molar-refractivity contribution is 7.98. The van der Waals surface area contributed by atoms with E-state index in [1.54, 1.807) is 0 Å². The van der Waals surface area contributed by atoms with Gasteiger partial charge in [0.25, 0.3) is 0 Å². The van der Waals surface area contributed by atoms with Gasteiger partial charge in [-0.05, 0) is 50.7 Å². The first-order chi connectivity index (χ1) is 7.84. The highest BCUT2D eigenvalue weighted by Gasteiger charge is 2.18. The Labute approximate surface area is 103 Å². The maximum Gasteiger partial charge on any atom is 0.237 e. The van der Waals surface area contributed by atoms with Gasteiger partial charge >= 0.3 is 0 Å². The minimum atomic E-state index is 0.0584. The van der Waals surface area contributed by atoms with E-state index in [4.69, 9.17) is 0 Å². The van der Waals surface area contributed by atoms with E-state index in [9.17, 15) is 4.79 Å². The number of unbranched alkanes of at least 4 members (excludes halogenated alkanes) is 2. The molecule has 0 bridgehead atoms. The third-order valence-corrected chi connectivity index (χ3v) is 3.65. The number of nitrogens with one attached hydrogen (secondary N) is 2. The lowest BCUT2D eigenvalue weighted by atomic mass is 10.1. The molecule has 94 valence electrons. The van der Waals surface area contributed by atoms with Gasteiger partial charge in [0.1, 0.15) is 0 Å². The van der Waals surface area contributed by atoms with Gasteiger partial charge in [-0.25, -0.2) is 0 Å². The highest BCUT2D eigenvalue weighted by atomic mass is 32.2. The maximum atomic E-state index is 11.6. The van der Waals surface area contributed by atoms with Crippen molar-refractivity contribution >= 4 is 17.7 Å². The summed E-state index contributed by atoms with van der Waals surface area (Å²) in [5.41, 5.74) is 0. The van der Waals surface area contributed by atoms with Crippen LogP contribution in [0, 0.1) is 0 Å². The van der Waals surface area contributed by atoms with Gasteiger partial charge in [0.2, 0.25) is 5.91 Å². The van der Waals surface area contributed by atoms with Crippen LogP contribution in [0.1, 0.15) is 38.5 Å². The Kier molecular flexibility index (Phi) is 7.68. The van der Waals surface area contributed by atoms with Crippen molar-refractivity contribution in [2.45, 2.75) is 44.6 Å². The first kappa shape index (κ1) is 13.8. The topological polar surface area (TPSA) is 41.1 Å². The lowest BCUT2D eigenvalue weighted by Gasteiger charge is -2.14. The molecule has 1 atom stereocenters. The van der Waals surface area contributed by atoms with E-state index in [0.29, 0.717) is 0 Å². The molecule has 0 aliphatic carbocycles. The average molecular weight is 244 g/mol. The van der Waals surface area contributed by atoms with E-state index < -0.39 is 0 Å². The Balaban J connectivity index is 2.04. The van der Waals surface area contributed by atoms with Crippen molar-refractivity contribution in [1.29, 1.82) is 0 Å². The smallest absolute Gasteiger partial charge is 0.237 e. The number of hydrogen-bond acceptors (Lipinski definition) is 3. The van der Waals surface area contributed by atoms with Crippen molar-refractivity contribution in [2.75, 3.05) is 25.1 Å². The number of thioether (sulfide) groups is 1. The second-order valence-electron chi connectivity index (χ2n) is 4.35. The zero-order chi connectivity index (χ0) is 11.6. The summed E-state index contributed by atoms with van der Waals surface area (Å²) < 4.78 is 0. The van der Waals surface area contributed by atoms with Crippen molar-refractivity contribution in [1.82, 2.24) is 10.6 Å². The fourth-order valence-corrected chi connectivity index (χ4v) is 2.45. The lowest BCUT2D eigenvalue weighted by Crippen LogP contribution is -2.43. The van der Waals surface area contributed by atoms with Gasteiger partial charge in [0.15, 0.2) is 0 Å². The summed E-state index contributed by atoms with van der Waals surface area (Å²) in [5.74, 6) is 1.45. The summed E-state index contributed by atoms with van der Waals surface area (Å²) in [7, 11) is 0. The number of amides is 1. The quantitative estimate of drug-likeness (QED) is 0.671. The van der Waals surface area contributed by atoms with Crippen LogP contribution in [0.2, 0.25) is 0 Å². The largest absolute Gasteiger partial charge is 0.355 e. The third kappa shape index (κ3) is 5.75. The fourth-order valence-electron chi connectivity index (χ4n) is 1.96. The maximum absolute atomic E-state index is 11.6. The Morgan fingerprint density at radius 3 is 3.06 bits per heavy atom. The van der Waals surface area contributed by atoms with Crippen LogP contribution in [-0.4, -0.2) is 37.0 Å². The molecule has 0 spiro atoms. The molecule has 0 aromatic heterocycles. The molecular weight excluding hydrogens is 220 g/mol. The van der Waals surface area contributed by atoms with Gasteiger partial charge in [-0.1, -0.05) is 6.42 Å². The summed E-state index contributed by atoms with van der Waals surface area (Å²) in [6.07, 6.45) is 9.16. The number of carbonyl (C=O) groups is 1. The van der Waals surface area contributed by atoms with Crippen LogP contribution < -0.4 is 10.6 Å². The Morgan fingerprint density at radius 2 is 2.25 bits per heavy atom. The van der Waals surface area contributed by atoms with E-state index >= 15 is 0 Å². The Hall–Kier alpha value is -0.220. The molecule has 4 heteroatoms. The molecule has 0 radical (unpaired) electrons. The Morgan fingerprint density at radius 1 is 1.38 bits per heavy atom. The van der Waals surface area contributed by atoms with E-state index in [1.807, 2.05) is 11.8 Å². The van der Waals surface area contributed by atoms with Crippen molar-refractivity contribution in [3.05, 3.63) is 0 Å². The first-order valence-electron chi connectivity index (χ1n) is 6.34. The van der Waals surface area contributed by atoms with E-state index in [0.717, 1.165) is 32.4 Å². The molecule has 0 aromatic rings. The van der Waals surface area contributed by atoms with Crippen LogP contribution in [0.4, 0.5) is 0 Å². The zero-order valence-electron chi connectivity index (χ0n) is 10.3. The molecule has 1 unspecified atom stereocenters. The second kappa shape index (κ2) is 8.88. The van der Waals surface area contributed by atoms with Gasteiger partial charge in [-0.2, -0.15) is 11.8 Å². The molecule has 1 rings (SSSR count). The molecule has 16 heavy (non-hydrogen) atoms. The van der Waals surface area contributed by atoms with Gasteiger partial charge < -0.3 is 10.6 Å². The molecule has 3 nitrogen and oxygen atoms in total. The summed E-state index contributed by atoms with van der Waals surface area (Å²) in [6, 6.07) is 0.0584.